The topological polar surface area (TPSA) is 35.0 Å². The molecule has 0 rings (SSSR count). The molecule has 0 atom stereocenters. The van der Waals surface area contributed by atoms with Crippen molar-refractivity contribution in [1.82, 2.24) is 6.15 Å². The van der Waals surface area contributed by atoms with Crippen LogP contribution < -0.4 is 6.15 Å². The minimum absolute atomic E-state index is 0. The third-order valence-electron chi connectivity index (χ3n) is 2.68. The zero-order chi connectivity index (χ0) is 22.0. The van der Waals surface area contributed by atoms with Gasteiger partial charge < -0.3 is 6.15 Å². The fraction of sp³-hybridized carbons (Fsp3) is 1.00. The quantitative estimate of drug-likeness (QED) is 0.501. The van der Waals surface area contributed by atoms with Gasteiger partial charge in [0.1, 0.15) is 0 Å². The van der Waals surface area contributed by atoms with Crippen LogP contribution in [0.25, 0.3) is 0 Å². The Hall–Kier alpha value is -1.30. The standard InChI is InChI=1S/C8F18.H3N/c9-1(10,3(13,14)5(17,18)7(21,22)23)2(11,12)4(15,16)6(19,20)8(24,25)26;/h;1H3. The molecule has 0 spiro atoms. The van der Waals surface area contributed by atoms with Gasteiger partial charge in [-0.05, 0) is 0 Å². The summed E-state index contributed by atoms with van der Waals surface area (Å²) in [4.78, 5) is 0. The average molecular weight is 455 g/mol. The van der Waals surface area contributed by atoms with E-state index in [2.05, 4.69) is 0 Å². The van der Waals surface area contributed by atoms with Crippen LogP contribution in [0, 0.1) is 0 Å². The first-order valence-electron chi connectivity index (χ1n) is 5.15. The second-order valence-electron chi connectivity index (χ2n) is 4.44. The third kappa shape index (κ3) is 3.34. The summed E-state index contributed by atoms with van der Waals surface area (Å²) in [5.41, 5.74) is 0. The van der Waals surface area contributed by atoms with Crippen molar-refractivity contribution in [3.8, 4) is 0 Å². The average Bonchev–Trinajstić information content (AvgIpc) is 2.34. The summed E-state index contributed by atoms with van der Waals surface area (Å²) in [6, 6.07) is 0. The summed E-state index contributed by atoms with van der Waals surface area (Å²) >= 11 is 0. The first-order chi connectivity index (χ1) is 10.8. The van der Waals surface area contributed by atoms with Crippen molar-refractivity contribution >= 4 is 0 Å². The van der Waals surface area contributed by atoms with Crippen LogP contribution in [0.2, 0.25) is 0 Å². The van der Waals surface area contributed by atoms with Gasteiger partial charge in [-0.3, -0.25) is 0 Å². The lowest BCUT2D eigenvalue weighted by molar-refractivity contribution is -0.468. The van der Waals surface area contributed by atoms with Crippen molar-refractivity contribution in [1.29, 1.82) is 0 Å². The molecule has 1 nitrogen and oxygen atoms in total. The minimum Gasteiger partial charge on any atom is -0.344 e. The summed E-state index contributed by atoms with van der Waals surface area (Å²) in [7, 11) is 0. The van der Waals surface area contributed by atoms with Crippen molar-refractivity contribution < 1.29 is 79.0 Å². The lowest BCUT2D eigenvalue weighted by atomic mass is 9.91. The van der Waals surface area contributed by atoms with Gasteiger partial charge in [0.2, 0.25) is 0 Å². The molecule has 0 aliphatic rings. The molecular weight excluding hydrogens is 452 g/mol. The van der Waals surface area contributed by atoms with Crippen LogP contribution in [0.5, 0.6) is 0 Å². The molecule has 0 amide bonds. The van der Waals surface area contributed by atoms with E-state index >= 15 is 0 Å². The Kier molecular flexibility index (Phi) is 6.58. The maximum Gasteiger partial charge on any atom is 0.460 e. The van der Waals surface area contributed by atoms with Crippen molar-refractivity contribution in [2.75, 3.05) is 0 Å². The molecule has 0 aromatic heterocycles. The number of rotatable bonds is 5. The van der Waals surface area contributed by atoms with Crippen LogP contribution in [0.15, 0.2) is 0 Å². The Balaban J connectivity index is 0. The highest BCUT2D eigenvalue weighted by Crippen LogP contribution is 2.63. The van der Waals surface area contributed by atoms with Crippen molar-refractivity contribution in [2.24, 2.45) is 0 Å². The Labute approximate surface area is 134 Å². The normalized spacial score (nSPS) is 16.2. The van der Waals surface area contributed by atoms with Gasteiger partial charge in [-0.15, -0.1) is 0 Å². The lowest BCUT2D eigenvalue weighted by Gasteiger charge is -2.41. The van der Waals surface area contributed by atoms with Gasteiger partial charge in [0, 0.05) is 0 Å². The van der Waals surface area contributed by atoms with Gasteiger partial charge in [-0.1, -0.05) is 0 Å². The van der Waals surface area contributed by atoms with Gasteiger partial charge in [0.15, 0.2) is 0 Å². The van der Waals surface area contributed by atoms with E-state index in [0.29, 0.717) is 0 Å². The highest BCUT2D eigenvalue weighted by atomic mass is 19.4. The molecule has 0 heterocycles. The Morgan fingerprint density at radius 1 is 0.222 bits per heavy atom. The van der Waals surface area contributed by atoms with E-state index in [0.717, 1.165) is 0 Å². The van der Waals surface area contributed by atoms with Gasteiger partial charge in [0.05, 0.1) is 0 Å². The lowest BCUT2D eigenvalue weighted by Crippen LogP contribution is -2.74. The molecule has 0 fully saturated rings. The van der Waals surface area contributed by atoms with E-state index < -0.39 is 47.9 Å². The van der Waals surface area contributed by atoms with Crippen LogP contribution in [-0.2, 0) is 0 Å². The Bertz CT molecular complexity index is 474. The predicted octanol–water partition coefficient (Wildman–Crippen LogP) is 6.08. The molecule has 19 heteroatoms. The SMILES string of the molecule is FC(F)(F)C(F)(F)C(F)(F)C(F)(F)C(F)(F)C(F)(F)C(F)(F)C(F)(F)F.N. The van der Waals surface area contributed by atoms with Crippen molar-refractivity contribution in [3.05, 3.63) is 0 Å². The summed E-state index contributed by atoms with van der Waals surface area (Å²) < 4.78 is 221. The van der Waals surface area contributed by atoms with E-state index in [-0.39, 0.29) is 6.15 Å². The number of halogens is 18. The zero-order valence-corrected chi connectivity index (χ0v) is 11.5. The monoisotopic (exact) mass is 455 g/mol. The molecule has 0 saturated carbocycles. The molecule has 0 bridgehead atoms. The second-order valence-corrected chi connectivity index (χ2v) is 4.44. The maximum atomic E-state index is 12.8. The van der Waals surface area contributed by atoms with Gasteiger partial charge >= 0.3 is 47.9 Å². The van der Waals surface area contributed by atoms with E-state index in [1.54, 1.807) is 0 Å². The van der Waals surface area contributed by atoms with Crippen LogP contribution in [0.1, 0.15) is 0 Å². The second kappa shape index (κ2) is 6.36. The van der Waals surface area contributed by atoms with Crippen LogP contribution in [-0.4, -0.2) is 47.9 Å². The van der Waals surface area contributed by atoms with Gasteiger partial charge in [-0.25, -0.2) is 0 Å². The van der Waals surface area contributed by atoms with Crippen molar-refractivity contribution in [3.63, 3.8) is 0 Å². The summed E-state index contributed by atoms with van der Waals surface area (Å²) in [5.74, 6) is -51.0. The first-order valence-corrected chi connectivity index (χ1v) is 5.15. The maximum absolute atomic E-state index is 12.8. The number of hydrogen-bond donors (Lipinski definition) is 1. The third-order valence-corrected chi connectivity index (χ3v) is 2.68. The fourth-order valence-corrected chi connectivity index (χ4v) is 1.14. The molecule has 3 N–H and O–H groups in total. The van der Waals surface area contributed by atoms with Gasteiger partial charge in [0.25, 0.3) is 0 Å². The molecule has 166 valence electrons. The molecule has 0 radical (unpaired) electrons. The molecule has 0 unspecified atom stereocenters. The molecule has 0 aliphatic heterocycles. The van der Waals surface area contributed by atoms with E-state index in [4.69, 9.17) is 0 Å². The summed E-state index contributed by atoms with van der Waals surface area (Å²) in [6.07, 6.45) is -15.6. The predicted molar refractivity (Wildman–Crippen MR) is 46.8 cm³/mol. The smallest absolute Gasteiger partial charge is 0.344 e. The fourth-order valence-electron chi connectivity index (χ4n) is 1.14. The number of hydrogen-bond acceptors (Lipinski definition) is 1. The molecule has 0 aromatic carbocycles. The molecule has 0 aromatic rings. The number of alkyl halides is 18. The largest absolute Gasteiger partial charge is 0.460 e. The van der Waals surface area contributed by atoms with Crippen molar-refractivity contribution in [2.45, 2.75) is 47.9 Å². The van der Waals surface area contributed by atoms with Crippen LogP contribution in [0.4, 0.5) is 79.0 Å². The highest BCUT2D eigenvalue weighted by Gasteiger charge is 2.95. The summed E-state index contributed by atoms with van der Waals surface area (Å²) in [5, 5.41) is 0. The molecule has 0 saturated heterocycles. The van der Waals surface area contributed by atoms with E-state index in [1.165, 1.54) is 0 Å². The van der Waals surface area contributed by atoms with Crippen LogP contribution >= 0.6 is 0 Å². The molecule has 0 aliphatic carbocycles. The van der Waals surface area contributed by atoms with E-state index in [1.807, 2.05) is 0 Å². The minimum atomic E-state index is -8.72. The molecular formula is C8H3F18N. The first kappa shape index (κ1) is 27.9. The zero-order valence-electron chi connectivity index (χ0n) is 11.5. The van der Waals surface area contributed by atoms with Gasteiger partial charge in [-0.2, -0.15) is 79.0 Å². The Morgan fingerprint density at radius 3 is 0.444 bits per heavy atom. The summed E-state index contributed by atoms with van der Waals surface area (Å²) in [6.45, 7) is 0. The van der Waals surface area contributed by atoms with E-state index in [9.17, 15) is 79.0 Å². The van der Waals surface area contributed by atoms with Crippen LogP contribution in [0.3, 0.4) is 0 Å². The highest BCUT2D eigenvalue weighted by molar-refractivity contribution is 5.14. The Morgan fingerprint density at radius 2 is 0.333 bits per heavy atom. The molecule has 27 heavy (non-hydrogen) atoms.